The van der Waals surface area contributed by atoms with Crippen LogP contribution in [0.3, 0.4) is 0 Å². The van der Waals surface area contributed by atoms with E-state index >= 15 is 0 Å². The molecule has 4 nitrogen and oxygen atoms in total. The molecule has 0 saturated carbocycles. The topological polar surface area (TPSA) is 42.4 Å². The van der Waals surface area contributed by atoms with Crippen molar-refractivity contribution in [3.05, 3.63) is 66.0 Å². The smallest absolute Gasteiger partial charge is 0.265 e. The van der Waals surface area contributed by atoms with Gasteiger partial charge in [0.15, 0.2) is 0 Å². The van der Waals surface area contributed by atoms with Crippen LogP contribution in [-0.4, -0.2) is 28.1 Å². The summed E-state index contributed by atoms with van der Waals surface area (Å²) in [4.78, 5) is 22.5. The quantitative estimate of drug-likeness (QED) is 0.793. The van der Waals surface area contributed by atoms with Gasteiger partial charge in [-0.3, -0.25) is 14.6 Å². The third-order valence-corrected chi connectivity index (χ3v) is 2.94. The standard InChI is InChI=1S/C18H22N2O2/c1-18(2,3)22-20(14-12-15-9-5-4-6-10-15)17(21)16-11-7-8-13-19-16/h4-11,13H,12,14H2,1-3H3. The second-order valence-electron chi connectivity index (χ2n) is 6.06. The summed E-state index contributed by atoms with van der Waals surface area (Å²) in [5.74, 6) is -0.216. The number of nitrogens with zero attached hydrogens (tertiary/aromatic N) is 2. The van der Waals surface area contributed by atoms with E-state index in [0.717, 1.165) is 6.42 Å². The fourth-order valence-electron chi connectivity index (χ4n) is 2.01. The Balaban J connectivity index is 2.10. The second kappa shape index (κ2) is 7.18. The molecule has 22 heavy (non-hydrogen) atoms. The van der Waals surface area contributed by atoms with Crippen LogP contribution in [0.2, 0.25) is 0 Å². The van der Waals surface area contributed by atoms with Gasteiger partial charge >= 0.3 is 0 Å². The predicted octanol–water partition coefficient (Wildman–Crippen LogP) is 3.50. The van der Waals surface area contributed by atoms with Crippen molar-refractivity contribution in [2.45, 2.75) is 32.8 Å². The third kappa shape index (κ3) is 4.97. The van der Waals surface area contributed by atoms with E-state index < -0.39 is 5.60 Å². The zero-order chi connectivity index (χ0) is 16.0. The van der Waals surface area contributed by atoms with Crippen LogP contribution in [0.15, 0.2) is 54.7 Å². The molecule has 0 bridgehead atoms. The van der Waals surface area contributed by atoms with E-state index in [0.29, 0.717) is 12.2 Å². The average molecular weight is 298 g/mol. The maximum absolute atomic E-state index is 12.6. The number of rotatable bonds is 5. The van der Waals surface area contributed by atoms with Gasteiger partial charge in [0.1, 0.15) is 5.69 Å². The van der Waals surface area contributed by atoms with E-state index in [4.69, 9.17) is 4.84 Å². The van der Waals surface area contributed by atoms with Gasteiger partial charge < -0.3 is 0 Å². The van der Waals surface area contributed by atoms with Crippen LogP contribution >= 0.6 is 0 Å². The largest absolute Gasteiger partial charge is 0.296 e. The summed E-state index contributed by atoms with van der Waals surface area (Å²) in [6.07, 6.45) is 2.34. The van der Waals surface area contributed by atoms with Crippen LogP contribution in [0.1, 0.15) is 36.8 Å². The van der Waals surface area contributed by atoms with E-state index in [9.17, 15) is 4.79 Å². The Morgan fingerprint density at radius 1 is 1.09 bits per heavy atom. The maximum atomic E-state index is 12.6. The molecular formula is C18H22N2O2. The summed E-state index contributed by atoms with van der Waals surface area (Å²) in [5.41, 5.74) is 1.11. The Morgan fingerprint density at radius 2 is 1.77 bits per heavy atom. The molecule has 0 aliphatic heterocycles. The Bertz CT molecular complexity index is 591. The molecule has 1 aromatic heterocycles. The van der Waals surface area contributed by atoms with Crippen LogP contribution in [0.25, 0.3) is 0 Å². The Kier molecular flexibility index (Phi) is 5.28. The first kappa shape index (κ1) is 16.2. The van der Waals surface area contributed by atoms with E-state index in [1.54, 1.807) is 24.4 Å². The van der Waals surface area contributed by atoms with E-state index in [-0.39, 0.29) is 5.91 Å². The number of carbonyl (C=O) groups excluding carboxylic acids is 1. The van der Waals surface area contributed by atoms with Gasteiger partial charge in [0.2, 0.25) is 0 Å². The summed E-state index contributed by atoms with van der Waals surface area (Å²) < 4.78 is 0. The highest BCUT2D eigenvalue weighted by molar-refractivity contribution is 5.91. The number of pyridine rings is 1. The van der Waals surface area contributed by atoms with E-state index in [1.807, 2.05) is 51.1 Å². The second-order valence-corrected chi connectivity index (χ2v) is 6.06. The van der Waals surface area contributed by atoms with Gasteiger partial charge in [-0.05, 0) is 44.9 Å². The molecule has 0 aliphatic carbocycles. The average Bonchev–Trinajstić information content (AvgIpc) is 2.51. The summed E-state index contributed by atoms with van der Waals surface area (Å²) in [6.45, 7) is 6.26. The minimum Gasteiger partial charge on any atom is -0.265 e. The Hall–Kier alpha value is -2.20. The molecule has 0 radical (unpaired) electrons. The van der Waals surface area contributed by atoms with Crippen LogP contribution in [0.5, 0.6) is 0 Å². The van der Waals surface area contributed by atoms with Gasteiger partial charge in [0.05, 0.1) is 12.1 Å². The molecule has 116 valence electrons. The van der Waals surface area contributed by atoms with E-state index in [2.05, 4.69) is 4.98 Å². The molecule has 0 fully saturated rings. The number of carbonyl (C=O) groups is 1. The van der Waals surface area contributed by atoms with Gasteiger partial charge in [-0.2, -0.15) is 0 Å². The highest BCUT2D eigenvalue weighted by atomic mass is 16.7. The third-order valence-electron chi connectivity index (χ3n) is 2.94. The lowest BCUT2D eigenvalue weighted by molar-refractivity contribution is -0.195. The van der Waals surface area contributed by atoms with Crippen molar-refractivity contribution >= 4 is 5.91 Å². The molecular weight excluding hydrogens is 276 g/mol. The van der Waals surface area contributed by atoms with Crippen molar-refractivity contribution in [2.24, 2.45) is 0 Å². The monoisotopic (exact) mass is 298 g/mol. The maximum Gasteiger partial charge on any atom is 0.296 e. The molecule has 1 heterocycles. The summed E-state index contributed by atoms with van der Waals surface area (Å²) in [7, 11) is 0. The Labute approximate surface area is 131 Å². The summed E-state index contributed by atoms with van der Waals surface area (Å²) in [5, 5.41) is 1.41. The molecule has 2 aromatic rings. The molecule has 0 saturated heterocycles. The molecule has 1 aromatic carbocycles. The van der Waals surface area contributed by atoms with Crippen molar-refractivity contribution in [3.63, 3.8) is 0 Å². The SMILES string of the molecule is CC(C)(C)ON(CCc1ccccc1)C(=O)c1ccccn1. The number of aromatic nitrogens is 1. The summed E-state index contributed by atoms with van der Waals surface area (Å²) >= 11 is 0. The highest BCUT2D eigenvalue weighted by Gasteiger charge is 2.23. The molecule has 1 amide bonds. The zero-order valence-electron chi connectivity index (χ0n) is 13.3. The fourth-order valence-corrected chi connectivity index (χ4v) is 2.01. The summed E-state index contributed by atoms with van der Waals surface area (Å²) in [6, 6.07) is 15.3. The zero-order valence-corrected chi connectivity index (χ0v) is 13.3. The van der Waals surface area contributed by atoms with Crippen molar-refractivity contribution in [3.8, 4) is 0 Å². The van der Waals surface area contributed by atoms with Gasteiger partial charge in [-0.25, -0.2) is 5.06 Å². The van der Waals surface area contributed by atoms with Crippen molar-refractivity contribution in [1.82, 2.24) is 10.0 Å². The first-order chi connectivity index (χ1) is 10.5. The van der Waals surface area contributed by atoms with Crippen molar-refractivity contribution in [1.29, 1.82) is 0 Å². The van der Waals surface area contributed by atoms with Gasteiger partial charge in [-0.1, -0.05) is 36.4 Å². The molecule has 0 atom stereocenters. The molecule has 4 heteroatoms. The van der Waals surface area contributed by atoms with Gasteiger partial charge in [0, 0.05) is 6.20 Å². The Morgan fingerprint density at radius 3 is 2.36 bits per heavy atom. The number of hydrogen-bond donors (Lipinski definition) is 0. The number of hydroxylamine groups is 2. The van der Waals surface area contributed by atoms with Crippen LogP contribution in [0.4, 0.5) is 0 Å². The lowest BCUT2D eigenvalue weighted by Gasteiger charge is -2.29. The lowest BCUT2D eigenvalue weighted by Crippen LogP contribution is -2.40. The van der Waals surface area contributed by atoms with Gasteiger partial charge in [0.25, 0.3) is 5.91 Å². The first-order valence-electron chi connectivity index (χ1n) is 7.42. The molecule has 0 N–H and O–H groups in total. The highest BCUT2D eigenvalue weighted by Crippen LogP contribution is 2.14. The number of benzene rings is 1. The lowest BCUT2D eigenvalue weighted by atomic mass is 10.1. The minimum absolute atomic E-state index is 0.216. The normalized spacial score (nSPS) is 11.2. The number of hydrogen-bond acceptors (Lipinski definition) is 3. The van der Waals surface area contributed by atoms with Crippen molar-refractivity contribution < 1.29 is 9.63 Å². The van der Waals surface area contributed by atoms with Crippen LogP contribution in [0, 0.1) is 0 Å². The van der Waals surface area contributed by atoms with Gasteiger partial charge in [-0.15, -0.1) is 0 Å². The predicted molar refractivity (Wildman–Crippen MR) is 86.3 cm³/mol. The first-order valence-corrected chi connectivity index (χ1v) is 7.42. The van der Waals surface area contributed by atoms with Crippen LogP contribution in [-0.2, 0) is 11.3 Å². The molecule has 0 spiro atoms. The van der Waals surface area contributed by atoms with E-state index in [1.165, 1.54) is 10.6 Å². The molecule has 2 rings (SSSR count). The van der Waals surface area contributed by atoms with Crippen molar-refractivity contribution in [2.75, 3.05) is 6.54 Å². The fraction of sp³-hybridized carbons (Fsp3) is 0.333. The van der Waals surface area contributed by atoms with Crippen LogP contribution < -0.4 is 0 Å². The minimum atomic E-state index is -0.443. The molecule has 0 unspecified atom stereocenters. The number of amides is 1. The molecule has 0 aliphatic rings.